The molecule has 4 heterocycles. The summed E-state index contributed by atoms with van der Waals surface area (Å²) in [4.78, 5) is 17.1. The van der Waals surface area contributed by atoms with Crippen LogP contribution in [0.4, 0.5) is 20.5 Å². The highest BCUT2D eigenvalue weighted by atomic mass is 19.2. The number of aryl methyl sites for hydroxylation is 3. The van der Waals surface area contributed by atoms with Crippen molar-refractivity contribution in [3.05, 3.63) is 63.1 Å². The zero-order chi connectivity index (χ0) is 30.1. The summed E-state index contributed by atoms with van der Waals surface area (Å²) in [5.74, 6) is 7.31. The highest BCUT2D eigenvalue weighted by molar-refractivity contribution is 6.58. The molecule has 3 aromatic rings. The van der Waals surface area contributed by atoms with Crippen molar-refractivity contribution in [2.45, 2.75) is 41.5 Å². The van der Waals surface area contributed by atoms with Gasteiger partial charge in [-0.2, -0.15) is 15.0 Å². The predicted octanol–water partition coefficient (Wildman–Crippen LogP) is 4.93. The van der Waals surface area contributed by atoms with E-state index >= 15 is 8.63 Å². The van der Waals surface area contributed by atoms with Crippen LogP contribution in [-0.4, -0.2) is 69.9 Å². The number of hydrogen-bond donors (Lipinski definition) is 1. The third kappa shape index (κ3) is 4.29. The van der Waals surface area contributed by atoms with Crippen molar-refractivity contribution < 1.29 is 18.2 Å². The minimum atomic E-state index is -4.10. The number of aromatic nitrogens is 4. The van der Waals surface area contributed by atoms with Crippen molar-refractivity contribution in [2.75, 3.05) is 38.0 Å². The number of fused-ring (bicyclic) bond motifs is 2. The molecule has 0 bridgehead atoms. The summed E-state index contributed by atoms with van der Waals surface area (Å²) in [7, 11) is 7.32. The minimum absolute atomic E-state index is 0.0810. The van der Waals surface area contributed by atoms with E-state index in [4.69, 9.17) is 0 Å². The lowest BCUT2D eigenvalue weighted by atomic mass is 9.86. The molecular weight excluding hydrogens is 523 g/mol. The molecular formula is C30H34BF2N7O. The van der Waals surface area contributed by atoms with Gasteiger partial charge in [-0.1, -0.05) is 11.8 Å². The summed E-state index contributed by atoms with van der Waals surface area (Å²) < 4.78 is 34.4. The first-order chi connectivity index (χ1) is 19.1. The second-order valence-electron chi connectivity index (χ2n) is 11.2. The Hall–Kier alpha value is -4.46. The Morgan fingerprint density at radius 1 is 0.854 bits per heavy atom. The smallest absolute Gasteiger partial charge is 0.506 e. The summed E-state index contributed by atoms with van der Waals surface area (Å²) in [6, 6.07) is 5.37. The van der Waals surface area contributed by atoms with Crippen molar-refractivity contribution in [1.82, 2.24) is 19.4 Å². The lowest BCUT2D eigenvalue weighted by Crippen LogP contribution is -2.51. The van der Waals surface area contributed by atoms with Crippen molar-refractivity contribution in [1.29, 1.82) is 0 Å². The third-order valence-corrected chi connectivity index (χ3v) is 7.67. The van der Waals surface area contributed by atoms with Gasteiger partial charge in [0.25, 0.3) is 0 Å². The van der Waals surface area contributed by atoms with Gasteiger partial charge in [-0.05, 0) is 69.6 Å². The van der Waals surface area contributed by atoms with E-state index in [2.05, 4.69) is 26.8 Å². The molecule has 0 fully saturated rings. The Bertz CT molecular complexity index is 1780. The van der Waals surface area contributed by atoms with Crippen LogP contribution in [0.25, 0.3) is 17.0 Å². The fourth-order valence-electron chi connectivity index (χ4n) is 5.86. The SMILES string of the molecule is CC1=C(C#Cc2cc(C)cc(-c3nc(N(C)C)nc(N(C)C)n3)c2O)C(C)=[N+]2C1=C(C)c1c(C)cc(C)n1[B-]2(F)F. The van der Waals surface area contributed by atoms with Gasteiger partial charge in [-0.25, -0.2) is 0 Å². The fraction of sp³-hybridized carbons (Fsp3) is 0.333. The Labute approximate surface area is 239 Å². The average Bonchev–Trinajstić information content (AvgIpc) is 3.35. The number of halogens is 2. The highest BCUT2D eigenvalue weighted by Crippen LogP contribution is 2.42. The first kappa shape index (κ1) is 28.1. The molecule has 0 aliphatic carbocycles. The number of aromatic hydroxyl groups is 1. The Morgan fingerprint density at radius 2 is 1.46 bits per heavy atom. The molecule has 5 rings (SSSR count). The fourth-order valence-corrected chi connectivity index (χ4v) is 5.86. The standard InChI is InChI=1S/C30H34BF2N7O/c1-16-13-22(27(41)24(14-16)28-34-29(37(7)8)36-30(35-28)38(9)10)11-12-23-19(4)26-20(5)25-17(2)15-18(3)39(25)31(32,33)40(26)21(23)6/h13-15,41H,1-10H3. The molecule has 0 spiro atoms. The van der Waals surface area contributed by atoms with Crippen LogP contribution in [0.2, 0.25) is 0 Å². The van der Waals surface area contributed by atoms with Crippen molar-refractivity contribution in [2.24, 2.45) is 0 Å². The van der Waals surface area contributed by atoms with Gasteiger partial charge in [-0.3, -0.25) is 0 Å². The first-order valence-corrected chi connectivity index (χ1v) is 13.4. The number of phenolic OH excluding ortho intramolecular Hbond substituents is 1. The van der Waals surface area contributed by atoms with E-state index in [1.54, 1.807) is 41.8 Å². The number of anilines is 2. The number of benzene rings is 1. The van der Waals surface area contributed by atoms with E-state index in [1.807, 2.05) is 55.9 Å². The van der Waals surface area contributed by atoms with Gasteiger partial charge >= 0.3 is 6.97 Å². The Balaban J connectivity index is 1.66. The largest absolute Gasteiger partial charge is 0.737 e. The van der Waals surface area contributed by atoms with Crippen LogP contribution in [-0.2, 0) is 0 Å². The molecule has 1 N–H and O–H groups in total. The predicted molar refractivity (Wildman–Crippen MR) is 161 cm³/mol. The average molecular weight is 557 g/mol. The molecule has 212 valence electrons. The molecule has 2 aliphatic rings. The number of allylic oxidation sites excluding steroid dienone is 3. The maximum atomic E-state index is 16.1. The van der Waals surface area contributed by atoms with E-state index in [-0.39, 0.29) is 5.75 Å². The molecule has 1 aromatic carbocycles. The van der Waals surface area contributed by atoms with Gasteiger partial charge in [0.1, 0.15) is 11.5 Å². The maximum absolute atomic E-state index is 16.1. The van der Waals surface area contributed by atoms with Gasteiger partial charge in [0.2, 0.25) is 11.9 Å². The van der Waals surface area contributed by atoms with Crippen LogP contribution in [0.5, 0.6) is 5.75 Å². The van der Waals surface area contributed by atoms with Gasteiger partial charge in [0, 0.05) is 52.0 Å². The number of nitrogens with zero attached hydrogens (tertiary/aromatic N) is 7. The maximum Gasteiger partial charge on any atom is 0.737 e. The van der Waals surface area contributed by atoms with Crippen LogP contribution in [0.15, 0.2) is 35.0 Å². The van der Waals surface area contributed by atoms with Crippen LogP contribution in [0, 0.1) is 32.6 Å². The summed E-state index contributed by atoms with van der Waals surface area (Å²) in [5.41, 5.74) is 6.42. The van der Waals surface area contributed by atoms with Gasteiger partial charge < -0.3 is 32.5 Å². The summed E-state index contributed by atoms with van der Waals surface area (Å²) in [6.07, 6.45) is 0. The molecule has 0 atom stereocenters. The van der Waals surface area contributed by atoms with Gasteiger partial charge in [-0.15, -0.1) is 0 Å². The summed E-state index contributed by atoms with van der Waals surface area (Å²) in [6.45, 7) is 6.76. The highest BCUT2D eigenvalue weighted by Gasteiger charge is 2.55. The Morgan fingerprint density at radius 3 is 2.05 bits per heavy atom. The van der Waals surface area contributed by atoms with E-state index in [1.165, 1.54) is 4.48 Å². The van der Waals surface area contributed by atoms with Crippen molar-refractivity contribution in [3.8, 4) is 29.0 Å². The molecule has 0 amide bonds. The van der Waals surface area contributed by atoms with Crippen LogP contribution < -0.4 is 9.80 Å². The van der Waals surface area contributed by atoms with E-state index < -0.39 is 6.97 Å². The molecule has 41 heavy (non-hydrogen) atoms. The molecule has 8 nitrogen and oxygen atoms in total. The number of rotatable bonds is 3. The molecule has 0 saturated heterocycles. The Kier molecular flexibility index (Phi) is 6.56. The normalized spacial score (nSPS) is 15.6. The molecule has 11 heteroatoms. The zero-order valence-corrected chi connectivity index (χ0v) is 25.1. The van der Waals surface area contributed by atoms with Gasteiger partial charge in [0.05, 0.1) is 16.7 Å². The summed E-state index contributed by atoms with van der Waals surface area (Å²) in [5, 5.41) is 11.3. The second kappa shape index (κ2) is 9.58. The molecule has 2 aliphatic heterocycles. The minimum Gasteiger partial charge on any atom is -0.506 e. The van der Waals surface area contributed by atoms with Crippen molar-refractivity contribution >= 4 is 30.2 Å². The van der Waals surface area contributed by atoms with Crippen LogP contribution >= 0.6 is 0 Å². The van der Waals surface area contributed by atoms with E-state index in [9.17, 15) is 5.11 Å². The zero-order valence-electron chi connectivity index (χ0n) is 25.1. The molecule has 2 aromatic heterocycles. The second-order valence-corrected chi connectivity index (χ2v) is 11.2. The number of phenols is 1. The van der Waals surface area contributed by atoms with E-state index in [0.29, 0.717) is 62.8 Å². The number of hydrogen-bond acceptors (Lipinski definition) is 6. The molecule has 0 saturated carbocycles. The van der Waals surface area contributed by atoms with E-state index in [0.717, 1.165) is 21.2 Å². The van der Waals surface area contributed by atoms with Crippen LogP contribution in [0.1, 0.15) is 48.8 Å². The molecule has 0 radical (unpaired) electrons. The quantitative estimate of drug-likeness (QED) is 0.364. The third-order valence-electron chi connectivity index (χ3n) is 7.67. The van der Waals surface area contributed by atoms with Crippen molar-refractivity contribution in [3.63, 3.8) is 0 Å². The van der Waals surface area contributed by atoms with Gasteiger partial charge in [0.15, 0.2) is 11.5 Å². The lowest BCUT2D eigenvalue weighted by molar-refractivity contribution is -0.363. The van der Waals surface area contributed by atoms with Crippen LogP contribution in [0.3, 0.4) is 0 Å². The monoisotopic (exact) mass is 557 g/mol. The summed E-state index contributed by atoms with van der Waals surface area (Å²) >= 11 is 0. The first-order valence-electron chi connectivity index (χ1n) is 13.4. The lowest BCUT2D eigenvalue weighted by Gasteiger charge is -2.32. The molecule has 0 unspecified atom stereocenters. The topological polar surface area (TPSA) is 73.3 Å².